The number of nitrogens with one attached hydrogen (secondary N) is 1. The summed E-state index contributed by atoms with van der Waals surface area (Å²) >= 11 is 12.0. The van der Waals surface area contributed by atoms with Crippen molar-refractivity contribution in [2.24, 2.45) is 0 Å². The fraction of sp³-hybridized carbons (Fsp3) is 0.185. The quantitative estimate of drug-likeness (QED) is 0.178. The lowest BCUT2D eigenvalue weighted by molar-refractivity contribution is -0.384. The van der Waals surface area contributed by atoms with Gasteiger partial charge in [0.1, 0.15) is 11.4 Å². The minimum Gasteiger partial charge on any atom is -0.496 e. The molecule has 0 spiro atoms. The molecule has 4 aromatic rings. The van der Waals surface area contributed by atoms with E-state index < -0.39 is 0 Å². The Hall–Kier alpha value is -3.95. The summed E-state index contributed by atoms with van der Waals surface area (Å²) in [6, 6.07) is 19.7. The maximum Gasteiger partial charge on any atom is 0.296 e. The van der Waals surface area contributed by atoms with Gasteiger partial charge in [0, 0.05) is 28.3 Å². The highest BCUT2D eigenvalue weighted by molar-refractivity contribution is 7.80. The van der Waals surface area contributed by atoms with Crippen molar-refractivity contribution in [1.82, 2.24) is 14.9 Å². The summed E-state index contributed by atoms with van der Waals surface area (Å²) in [4.78, 5) is 18.2. The standard InChI is InChI=1S/C27H24ClN5O3S/c1-16-14-21(17(2)31(16)23-12-11-20(36-3)15-24(23)33(34)35)26-25(22-6-4-5-13-29-22)30-27(37)32(26)19-9-7-18(28)8-10-19/h4-15,25-26H,1-3H3,(H,30,37)/t25-,26+/m1/s1. The molecule has 0 amide bonds. The SMILES string of the molecule is COc1ccc(-n2c(C)cc([C@H]3[C@@H](c4ccccn4)NC(=S)N3c3ccc(Cl)cc3)c2C)c([N+](=O)[O-])c1. The Kier molecular flexibility index (Phi) is 6.57. The van der Waals surface area contributed by atoms with E-state index in [1.54, 1.807) is 18.3 Å². The van der Waals surface area contributed by atoms with Crippen molar-refractivity contribution in [2.75, 3.05) is 12.0 Å². The molecule has 1 aliphatic heterocycles. The Bertz CT molecular complexity index is 1490. The van der Waals surface area contributed by atoms with Crippen molar-refractivity contribution >= 4 is 40.3 Å². The molecule has 10 heteroatoms. The van der Waals surface area contributed by atoms with E-state index in [0.717, 1.165) is 28.3 Å². The lowest BCUT2D eigenvalue weighted by Gasteiger charge is -2.28. The van der Waals surface area contributed by atoms with Crippen LogP contribution in [0.15, 0.2) is 72.9 Å². The molecule has 37 heavy (non-hydrogen) atoms. The zero-order valence-corrected chi connectivity index (χ0v) is 22.0. The second-order valence-corrected chi connectivity index (χ2v) is 9.57. The van der Waals surface area contributed by atoms with Gasteiger partial charge in [-0.05, 0) is 86.2 Å². The van der Waals surface area contributed by atoms with Gasteiger partial charge in [-0.2, -0.15) is 0 Å². The van der Waals surface area contributed by atoms with Gasteiger partial charge in [0.05, 0.1) is 35.9 Å². The molecule has 2 aromatic heterocycles. The number of methoxy groups -OCH3 is 1. The van der Waals surface area contributed by atoms with Crippen LogP contribution in [0.3, 0.4) is 0 Å². The lowest BCUT2D eigenvalue weighted by atomic mass is 9.96. The molecule has 5 rings (SSSR count). The highest BCUT2D eigenvalue weighted by atomic mass is 35.5. The molecule has 1 fully saturated rings. The van der Waals surface area contributed by atoms with Crippen molar-refractivity contribution in [2.45, 2.75) is 25.9 Å². The fourth-order valence-electron chi connectivity index (χ4n) is 4.97. The van der Waals surface area contributed by atoms with E-state index in [2.05, 4.69) is 21.3 Å². The second kappa shape index (κ2) is 9.84. The Balaban J connectivity index is 1.70. The number of nitro benzene ring substituents is 1. The minimum absolute atomic E-state index is 0.0383. The molecular weight excluding hydrogens is 510 g/mol. The molecule has 1 aliphatic rings. The smallest absolute Gasteiger partial charge is 0.296 e. The molecule has 3 heterocycles. The Morgan fingerprint density at radius 1 is 1.11 bits per heavy atom. The van der Waals surface area contributed by atoms with Gasteiger partial charge in [-0.25, -0.2) is 0 Å². The van der Waals surface area contributed by atoms with Gasteiger partial charge in [0.15, 0.2) is 5.11 Å². The average molecular weight is 534 g/mol. The van der Waals surface area contributed by atoms with Crippen LogP contribution in [0.4, 0.5) is 11.4 Å². The Labute approximate surface area is 224 Å². The summed E-state index contributed by atoms with van der Waals surface area (Å²) in [6.07, 6.45) is 1.76. The largest absolute Gasteiger partial charge is 0.496 e. The number of thiocarbonyl (C=S) groups is 1. The first-order valence-electron chi connectivity index (χ1n) is 11.6. The number of pyridine rings is 1. The molecule has 2 aromatic carbocycles. The molecule has 0 radical (unpaired) electrons. The third kappa shape index (κ3) is 4.41. The van der Waals surface area contributed by atoms with Crippen LogP contribution in [0.25, 0.3) is 5.69 Å². The van der Waals surface area contributed by atoms with Gasteiger partial charge < -0.3 is 19.5 Å². The third-order valence-corrected chi connectivity index (χ3v) is 7.18. The van der Waals surface area contributed by atoms with Crippen molar-refractivity contribution in [3.05, 3.63) is 111 Å². The normalized spacial score (nSPS) is 17.1. The zero-order valence-electron chi connectivity index (χ0n) is 20.4. The average Bonchev–Trinajstić information content (AvgIpc) is 3.39. The van der Waals surface area contributed by atoms with Gasteiger partial charge in [-0.15, -0.1) is 0 Å². The molecule has 0 bridgehead atoms. The predicted molar refractivity (Wildman–Crippen MR) is 148 cm³/mol. The van der Waals surface area contributed by atoms with Crippen molar-refractivity contribution in [1.29, 1.82) is 0 Å². The summed E-state index contributed by atoms with van der Waals surface area (Å²) in [5, 5.41) is 16.6. The molecule has 1 N–H and O–H groups in total. The van der Waals surface area contributed by atoms with Crippen LogP contribution in [0, 0.1) is 24.0 Å². The van der Waals surface area contributed by atoms with E-state index in [-0.39, 0.29) is 22.7 Å². The maximum absolute atomic E-state index is 12.0. The summed E-state index contributed by atoms with van der Waals surface area (Å²) in [6.45, 7) is 3.90. The first-order chi connectivity index (χ1) is 17.8. The van der Waals surface area contributed by atoms with Crippen LogP contribution in [0.5, 0.6) is 5.75 Å². The van der Waals surface area contributed by atoms with E-state index in [4.69, 9.17) is 28.6 Å². The second-order valence-electron chi connectivity index (χ2n) is 8.75. The van der Waals surface area contributed by atoms with E-state index >= 15 is 0 Å². The molecule has 8 nitrogen and oxygen atoms in total. The molecule has 0 unspecified atom stereocenters. The third-order valence-electron chi connectivity index (χ3n) is 6.61. The van der Waals surface area contributed by atoms with Crippen LogP contribution in [0.1, 0.15) is 34.7 Å². The van der Waals surface area contributed by atoms with Crippen LogP contribution in [0.2, 0.25) is 5.02 Å². The van der Waals surface area contributed by atoms with E-state index in [1.165, 1.54) is 13.2 Å². The number of aryl methyl sites for hydroxylation is 1. The number of anilines is 1. The lowest BCUT2D eigenvalue weighted by Crippen LogP contribution is -2.29. The number of nitro groups is 1. The number of aromatic nitrogens is 2. The summed E-state index contributed by atoms with van der Waals surface area (Å²) in [7, 11) is 1.49. The fourth-order valence-corrected chi connectivity index (χ4v) is 5.45. The molecular formula is C27H24ClN5O3S. The van der Waals surface area contributed by atoms with Crippen LogP contribution in [-0.4, -0.2) is 26.7 Å². The van der Waals surface area contributed by atoms with Crippen molar-refractivity contribution in [3.63, 3.8) is 0 Å². The highest BCUT2D eigenvalue weighted by Crippen LogP contribution is 2.44. The number of nitrogens with zero attached hydrogens (tertiary/aromatic N) is 4. The monoisotopic (exact) mass is 533 g/mol. The molecule has 0 saturated carbocycles. The van der Waals surface area contributed by atoms with Gasteiger partial charge in [0.25, 0.3) is 5.69 Å². The molecule has 188 valence electrons. The van der Waals surface area contributed by atoms with Crippen LogP contribution >= 0.6 is 23.8 Å². The zero-order chi connectivity index (χ0) is 26.3. The number of benzene rings is 2. The Morgan fingerprint density at radius 3 is 2.51 bits per heavy atom. The summed E-state index contributed by atoms with van der Waals surface area (Å²) in [5.41, 5.74) is 4.84. The highest BCUT2D eigenvalue weighted by Gasteiger charge is 2.42. The molecule has 0 aliphatic carbocycles. The van der Waals surface area contributed by atoms with Gasteiger partial charge in [-0.1, -0.05) is 17.7 Å². The van der Waals surface area contributed by atoms with Crippen molar-refractivity contribution in [3.8, 4) is 11.4 Å². The first-order valence-corrected chi connectivity index (χ1v) is 12.4. The number of hydrogen-bond acceptors (Lipinski definition) is 5. The van der Waals surface area contributed by atoms with Crippen LogP contribution < -0.4 is 15.0 Å². The van der Waals surface area contributed by atoms with E-state index in [0.29, 0.717) is 21.6 Å². The predicted octanol–water partition coefficient (Wildman–Crippen LogP) is 6.24. The number of hydrogen-bond donors (Lipinski definition) is 1. The maximum atomic E-state index is 12.0. The van der Waals surface area contributed by atoms with Gasteiger partial charge in [0.2, 0.25) is 0 Å². The van der Waals surface area contributed by atoms with Crippen molar-refractivity contribution < 1.29 is 9.66 Å². The first kappa shape index (κ1) is 24.7. The number of halogens is 1. The topological polar surface area (TPSA) is 85.5 Å². The Morgan fingerprint density at radius 2 is 1.86 bits per heavy atom. The van der Waals surface area contributed by atoms with E-state index in [1.807, 2.05) is 60.9 Å². The van der Waals surface area contributed by atoms with Gasteiger partial charge in [-0.3, -0.25) is 15.1 Å². The van der Waals surface area contributed by atoms with E-state index in [9.17, 15) is 10.1 Å². The minimum atomic E-state index is -0.390. The number of rotatable bonds is 6. The van der Waals surface area contributed by atoms with Crippen LogP contribution in [-0.2, 0) is 0 Å². The summed E-state index contributed by atoms with van der Waals surface area (Å²) < 4.78 is 7.14. The number of ether oxygens (including phenoxy) is 1. The molecule has 1 saturated heterocycles. The molecule has 2 atom stereocenters. The summed E-state index contributed by atoms with van der Waals surface area (Å²) in [5.74, 6) is 0.424. The van der Waals surface area contributed by atoms with Gasteiger partial charge >= 0.3 is 0 Å².